The van der Waals surface area contributed by atoms with Crippen LogP contribution in [0.15, 0.2) is 58.1 Å². The number of ether oxygens (including phenoxy) is 2. The average molecular weight is 434 g/mol. The molecule has 0 aliphatic carbocycles. The molecule has 0 saturated carbocycles. The maximum atomic E-state index is 12.9. The maximum absolute atomic E-state index is 12.9. The van der Waals surface area contributed by atoms with Gasteiger partial charge in [-0.1, -0.05) is 18.2 Å². The molecule has 162 valence electrons. The highest BCUT2D eigenvalue weighted by atomic mass is 16.5. The number of rotatable bonds is 4. The Balaban J connectivity index is 1.98. The fourth-order valence-electron chi connectivity index (χ4n) is 3.27. The number of aromatic amines is 1. The predicted octanol–water partition coefficient (Wildman–Crippen LogP) is 1.93. The van der Waals surface area contributed by atoms with Gasteiger partial charge in [0.1, 0.15) is 17.3 Å². The highest BCUT2D eigenvalue weighted by Gasteiger charge is 2.19. The molecule has 2 aromatic carbocycles. The van der Waals surface area contributed by atoms with Gasteiger partial charge in [0.15, 0.2) is 11.2 Å². The van der Waals surface area contributed by atoms with E-state index in [1.54, 1.807) is 30.3 Å². The molecule has 10 heteroatoms. The van der Waals surface area contributed by atoms with Gasteiger partial charge >= 0.3 is 17.6 Å². The zero-order valence-electron chi connectivity index (χ0n) is 17.4. The number of esters is 2. The molecular formula is C22H18N4O6. The molecule has 0 spiro atoms. The number of carbonyl (C=O) groups is 2. The van der Waals surface area contributed by atoms with Crippen molar-refractivity contribution in [3.8, 4) is 28.6 Å². The van der Waals surface area contributed by atoms with E-state index < -0.39 is 23.2 Å². The Labute approximate surface area is 180 Å². The SMILES string of the molecule is CC(=O)Oc1cc(OC(C)=O)cc(-c2nc3c([nH]2)c(=O)n(C)c(=O)n3-c2ccccc2)c1. The summed E-state index contributed by atoms with van der Waals surface area (Å²) >= 11 is 0. The number of H-pyrrole nitrogens is 1. The summed E-state index contributed by atoms with van der Waals surface area (Å²) in [6.45, 7) is 2.48. The lowest BCUT2D eigenvalue weighted by molar-refractivity contribution is -0.132. The van der Waals surface area contributed by atoms with Crippen LogP contribution in [0.1, 0.15) is 13.8 Å². The Morgan fingerprint density at radius 2 is 1.53 bits per heavy atom. The highest BCUT2D eigenvalue weighted by Crippen LogP contribution is 2.30. The van der Waals surface area contributed by atoms with E-state index in [0.717, 1.165) is 4.57 Å². The minimum absolute atomic E-state index is 0.109. The van der Waals surface area contributed by atoms with Crippen LogP contribution in [0, 0.1) is 0 Å². The fraction of sp³-hybridized carbons (Fsp3) is 0.136. The van der Waals surface area contributed by atoms with Gasteiger partial charge in [-0.2, -0.15) is 0 Å². The molecule has 0 unspecified atom stereocenters. The van der Waals surface area contributed by atoms with Gasteiger partial charge in [0.2, 0.25) is 0 Å². The lowest BCUT2D eigenvalue weighted by Crippen LogP contribution is -2.37. The van der Waals surface area contributed by atoms with Crippen LogP contribution in [0.2, 0.25) is 0 Å². The molecule has 0 aliphatic rings. The molecule has 1 N–H and O–H groups in total. The van der Waals surface area contributed by atoms with Crippen molar-refractivity contribution in [3.05, 3.63) is 69.4 Å². The van der Waals surface area contributed by atoms with Crippen molar-refractivity contribution in [2.75, 3.05) is 0 Å². The summed E-state index contributed by atoms with van der Waals surface area (Å²) in [5.41, 5.74) is 0.0492. The Kier molecular flexibility index (Phi) is 5.19. The Morgan fingerprint density at radius 1 is 0.938 bits per heavy atom. The van der Waals surface area contributed by atoms with Crippen LogP contribution in [0.5, 0.6) is 11.5 Å². The second kappa shape index (κ2) is 7.99. The van der Waals surface area contributed by atoms with E-state index in [1.807, 2.05) is 0 Å². The summed E-state index contributed by atoms with van der Waals surface area (Å²) in [6.07, 6.45) is 0. The number of aromatic nitrogens is 4. The molecule has 0 saturated heterocycles. The predicted molar refractivity (Wildman–Crippen MR) is 115 cm³/mol. The molecule has 2 aromatic heterocycles. The van der Waals surface area contributed by atoms with Crippen molar-refractivity contribution in [3.63, 3.8) is 0 Å². The standard InChI is InChI=1S/C22H18N4O6/c1-12(27)31-16-9-14(10-17(11-16)32-13(2)28)19-23-18-20(24-19)26(15-7-5-4-6-8-15)22(30)25(3)21(18)29/h4-11H,1-3H3,(H,23,24). The molecule has 0 bridgehead atoms. The van der Waals surface area contributed by atoms with Gasteiger partial charge in [0.05, 0.1) is 5.69 Å². The summed E-state index contributed by atoms with van der Waals surface area (Å²) < 4.78 is 12.6. The second-order valence-corrected chi connectivity index (χ2v) is 6.98. The first-order chi connectivity index (χ1) is 15.2. The molecule has 10 nitrogen and oxygen atoms in total. The van der Waals surface area contributed by atoms with Gasteiger partial charge in [-0.25, -0.2) is 14.3 Å². The van der Waals surface area contributed by atoms with E-state index in [4.69, 9.17) is 9.47 Å². The molecule has 0 aliphatic heterocycles. The molecule has 0 amide bonds. The van der Waals surface area contributed by atoms with E-state index in [-0.39, 0.29) is 28.5 Å². The molecule has 2 heterocycles. The number of carbonyl (C=O) groups excluding carboxylic acids is 2. The van der Waals surface area contributed by atoms with E-state index in [9.17, 15) is 19.2 Å². The number of hydrogen-bond donors (Lipinski definition) is 1. The molecule has 4 aromatic rings. The molecule has 0 atom stereocenters. The number of benzene rings is 2. The van der Waals surface area contributed by atoms with E-state index >= 15 is 0 Å². The first-order valence-electron chi connectivity index (χ1n) is 9.54. The largest absolute Gasteiger partial charge is 0.427 e. The van der Waals surface area contributed by atoms with Crippen LogP contribution in [0.25, 0.3) is 28.2 Å². The number of imidazole rings is 1. The monoisotopic (exact) mass is 434 g/mol. The molecule has 4 rings (SSSR count). The lowest BCUT2D eigenvalue weighted by atomic mass is 10.2. The van der Waals surface area contributed by atoms with Gasteiger partial charge in [0, 0.05) is 32.5 Å². The smallest absolute Gasteiger partial charge is 0.337 e. The molecule has 32 heavy (non-hydrogen) atoms. The topological polar surface area (TPSA) is 125 Å². The minimum Gasteiger partial charge on any atom is -0.427 e. The van der Waals surface area contributed by atoms with Crippen LogP contribution in [0.3, 0.4) is 0 Å². The van der Waals surface area contributed by atoms with Gasteiger partial charge in [-0.3, -0.25) is 19.0 Å². The van der Waals surface area contributed by atoms with Crippen molar-refractivity contribution >= 4 is 23.1 Å². The Bertz CT molecular complexity index is 1450. The number of para-hydroxylation sites is 1. The van der Waals surface area contributed by atoms with Crippen LogP contribution >= 0.6 is 0 Å². The lowest BCUT2D eigenvalue weighted by Gasteiger charge is -2.08. The maximum Gasteiger partial charge on any atom is 0.337 e. The normalized spacial score (nSPS) is 10.8. The third-order valence-corrected chi connectivity index (χ3v) is 4.58. The fourth-order valence-corrected chi connectivity index (χ4v) is 3.27. The third-order valence-electron chi connectivity index (χ3n) is 4.58. The van der Waals surface area contributed by atoms with Crippen LogP contribution in [0.4, 0.5) is 0 Å². The first kappa shape index (κ1) is 20.8. The number of nitrogens with zero attached hydrogens (tertiary/aromatic N) is 3. The molecule has 0 fully saturated rings. The summed E-state index contributed by atoms with van der Waals surface area (Å²) in [4.78, 5) is 55.9. The second-order valence-electron chi connectivity index (χ2n) is 6.98. The Morgan fingerprint density at radius 3 is 2.09 bits per heavy atom. The van der Waals surface area contributed by atoms with E-state index in [1.165, 1.54) is 43.7 Å². The third kappa shape index (κ3) is 3.81. The van der Waals surface area contributed by atoms with Crippen molar-refractivity contribution in [2.24, 2.45) is 7.05 Å². The van der Waals surface area contributed by atoms with Crippen LogP contribution in [-0.2, 0) is 16.6 Å². The Hall–Kier alpha value is -4.47. The van der Waals surface area contributed by atoms with Gasteiger partial charge in [-0.15, -0.1) is 0 Å². The average Bonchev–Trinajstić information content (AvgIpc) is 3.17. The number of hydrogen-bond acceptors (Lipinski definition) is 7. The summed E-state index contributed by atoms with van der Waals surface area (Å²) in [5, 5.41) is 0. The number of nitrogens with one attached hydrogen (secondary N) is 1. The van der Waals surface area contributed by atoms with Gasteiger partial charge < -0.3 is 14.5 Å². The zero-order valence-corrected chi connectivity index (χ0v) is 17.4. The van der Waals surface area contributed by atoms with Crippen molar-refractivity contribution in [1.82, 2.24) is 19.1 Å². The number of fused-ring (bicyclic) bond motifs is 1. The summed E-state index contributed by atoms with van der Waals surface area (Å²) in [7, 11) is 1.38. The highest BCUT2D eigenvalue weighted by molar-refractivity contribution is 5.79. The van der Waals surface area contributed by atoms with Gasteiger partial charge in [-0.05, 0) is 24.3 Å². The van der Waals surface area contributed by atoms with Crippen LogP contribution < -0.4 is 20.7 Å². The van der Waals surface area contributed by atoms with Crippen molar-refractivity contribution < 1.29 is 19.1 Å². The minimum atomic E-state index is -0.563. The van der Waals surface area contributed by atoms with Crippen molar-refractivity contribution in [1.29, 1.82) is 0 Å². The zero-order chi connectivity index (χ0) is 23.0. The first-order valence-corrected chi connectivity index (χ1v) is 9.54. The summed E-state index contributed by atoms with van der Waals surface area (Å²) in [6, 6.07) is 13.2. The molecular weight excluding hydrogens is 416 g/mol. The summed E-state index contributed by atoms with van der Waals surface area (Å²) in [5.74, 6) is -0.658. The van der Waals surface area contributed by atoms with E-state index in [2.05, 4.69) is 9.97 Å². The van der Waals surface area contributed by atoms with Crippen molar-refractivity contribution in [2.45, 2.75) is 13.8 Å². The van der Waals surface area contributed by atoms with Crippen LogP contribution in [-0.4, -0.2) is 31.0 Å². The molecule has 0 radical (unpaired) electrons. The van der Waals surface area contributed by atoms with Gasteiger partial charge in [0.25, 0.3) is 5.56 Å². The van der Waals surface area contributed by atoms with E-state index in [0.29, 0.717) is 11.3 Å². The quantitative estimate of drug-likeness (QED) is 0.384.